The zero-order valence-corrected chi connectivity index (χ0v) is 17.3. The van der Waals surface area contributed by atoms with Gasteiger partial charge in [0.2, 0.25) is 0 Å². The molecule has 0 spiro atoms. The first kappa shape index (κ1) is 21.6. The van der Waals surface area contributed by atoms with Gasteiger partial charge in [-0.25, -0.2) is 9.18 Å². The second-order valence-electron chi connectivity index (χ2n) is 7.21. The van der Waals surface area contributed by atoms with Gasteiger partial charge in [-0.15, -0.1) is 0 Å². The molecule has 0 aliphatic heterocycles. The van der Waals surface area contributed by atoms with Crippen molar-refractivity contribution in [3.63, 3.8) is 0 Å². The van der Waals surface area contributed by atoms with Crippen LogP contribution in [-0.4, -0.2) is 12.6 Å². The lowest BCUT2D eigenvalue weighted by Crippen LogP contribution is -2.08. The van der Waals surface area contributed by atoms with Gasteiger partial charge in [0.25, 0.3) is 0 Å². The number of benzene rings is 3. The maximum Gasteiger partial charge on any atom is 0.343 e. The highest BCUT2D eigenvalue weighted by Crippen LogP contribution is 2.23. The molecule has 0 aliphatic rings. The molecule has 30 heavy (non-hydrogen) atoms. The number of hydrogen-bond acceptors (Lipinski definition) is 3. The van der Waals surface area contributed by atoms with Crippen LogP contribution in [0.25, 0.3) is 11.1 Å². The Kier molecular flexibility index (Phi) is 8.02. The molecule has 0 radical (unpaired) electrons. The van der Waals surface area contributed by atoms with E-state index in [4.69, 9.17) is 9.47 Å². The number of unbranched alkanes of at least 4 members (excludes halogenated alkanes) is 4. The lowest BCUT2D eigenvalue weighted by Gasteiger charge is -2.08. The van der Waals surface area contributed by atoms with Gasteiger partial charge in [-0.05, 0) is 66.1 Å². The van der Waals surface area contributed by atoms with Crippen molar-refractivity contribution in [3.05, 3.63) is 84.2 Å². The molecule has 0 unspecified atom stereocenters. The molecule has 0 atom stereocenters. The summed E-state index contributed by atoms with van der Waals surface area (Å²) in [5.41, 5.74) is 2.29. The minimum Gasteiger partial charge on any atom is -0.494 e. The zero-order valence-electron chi connectivity index (χ0n) is 17.3. The predicted molar refractivity (Wildman–Crippen MR) is 117 cm³/mol. The standard InChI is InChI=1S/C26H27FO3/c1-2-3-4-5-6-19-29-24-15-11-22(12-16-24)26(28)30-25-17-9-21(10-18-25)20-7-13-23(27)14-8-20/h7-18H,2-6,19H2,1H3. The van der Waals surface area contributed by atoms with Crippen molar-refractivity contribution < 1.29 is 18.7 Å². The van der Waals surface area contributed by atoms with E-state index in [1.807, 2.05) is 12.1 Å². The van der Waals surface area contributed by atoms with Gasteiger partial charge in [-0.1, -0.05) is 56.9 Å². The topological polar surface area (TPSA) is 35.5 Å². The van der Waals surface area contributed by atoms with Crippen LogP contribution >= 0.6 is 0 Å². The third-order valence-corrected chi connectivity index (χ3v) is 4.85. The fourth-order valence-electron chi connectivity index (χ4n) is 3.11. The van der Waals surface area contributed by atoms with Crippen molar-refractivity contribution in [1.29, 1.82) is 0 Å². The van der Waals surface area contributed by atoms with Crippen LogP contribution in [0.3, 0.4) is 0 Å². The fraction of sp³-hybridized carbons (Fsp3) is 0.269. The van der Waals surface area contributed by atoms with Crippen LogP contribution in [0.5, 0.6) is 11.5 Å². The normalized spacial score (nSPS) is 10.6. The van der Waals surface area contributed by atoms with Crippen molar-refractivity contribution >= 4 is 5.97 Å². The average molecular weight is 406 g/mol. The van der Waals surface area contributed by atoms with E-state index in [2.05, 4.69) is 6.92 Å². The lowest BCUT2D eigenvalue weighted by atomic mass is 10.1. The van der Waals surface area contributed by atoms with Gasteiger partial charge in [0.1, 0.15) is 17.3 Å². The Morgan fingerprint density at radius 2 is 1.30 bits per heavy atom. The molecule has 3 aromatic rings. The Labute approximate surface area is 177 Å². The van der Waals surface area contributed by atoms with E-state index >= 15 is 0 Å². The Hall–Kier alpha value is -3.14. The summed E-state index contributed by atoms with van der Waals surface area (Å²) in [7, 11) is 0. The number of carbonyl (C=O) groups excluding carboxylic acids is 1. The summed E-state index contributed by atoms with van der Waals surface area (Å²) in [5.74, 6) is 0.521. The number of esters is 1. The summed E-state index contributed by atoms with van der Waals surface area (Å²) in [5, 5.41) is 0. The summed E-state index contributed by atoms with van der Waals surface area (Å²) >= 11 is 0. The Bertz CT molecular complexity index is 916. The van der Waals surface area contributed by atoms with Crippen molar-refractivity contribution in [2.45, 2.75) is 39.0 Å². The highest BCUT2D eigenvalue weighted by molar-refractivity contribution is 5.91. The molecule has 156 valence electrons. The number of carbonyl (C=O) groups is 1. The van der Waals surface area contributed by atoms with E-state index < -0.39 is 5.97 Å². The van der Waals surface area contributed by atoms with Crippen molar-refractivity contribution in [2.75, 3.05) is 6.61 Å². The molecular weight excluding hydrogens is 379 g/mol. The molecule has 0 N–H and O–H groups in total. The third kappa shape index (κ3) is 6.45. The molecule has 0 saturated heterocycles. The van der Waals surface area contributed by atoms with Gasteiger partial charge in [0.15, 0.2) is 0 Å². The highest BCUT2D eigenvalue weighted by Gasteiger charge is 2.09. The van der Waals surface area contributed by atoms with Crippen LogP contribution in [-0.2, 0) is 0 Å². The van der Waals surface area contributed by atoms with Gasteiger partial charge >= 0.3 is 5.97 Å². The van der Waals surface area contributed by atoms with Crippen molar-refractivity contribution in [2.24, 2.45) is 0 Å². The summed E-state index contributed by atoms with van der Waals surface area (Å²) in [6.45, 7) is 2.89. The molecule has 0 bridgehead atoms. The van der Waals surface area contributed by atoms with E-state index in [-0.39, 0.29) is 5.82 Å². The number of ether oxygens (including phenoxy) is 2. The Morgan fingerprint density at radius 1 is 0.733 bits per heavy atom. The molecule has 0 fully saturated rings. The molecular formula is C26H27FO3. The van der Waals surface area contributed by atoms with Gasteiger partial charge in [0.05, 0.1) is 12.2 Å². The van der Waals surface area contributed by atoms with E-state index in [0.29, 0.717) is 17.9 Å². The first-order valence-corrected chi connectivity index (χ1v) is 10.5. The SMILES string of the molecule is CCCCCCCOc1ccc(C(=O)Oc2ccc(-c3ccc(F)cc3)cc2)cc1. The molecule has 0 saturated carbocycles. The first-order valence-electron chi connectivity index (χ1n) is 10.5. The monoisotopic (exact) mass is 406 g/mol. The van der Waals surface area contributed by atoms with Crippen molar-refractivity contribution in [3.8, 4) is 22.6 Å². The van der Waals surface area contributed by atoms with E-state index in [0.717, 1.165) is 23.3 Å². The van der Waals surface area contributed by atoms with Crippen LogP contribution in [0, 0.1) is 5.82 Å². The van der Waals surface area contributed by atoms with Gasteiger partial charge < -0.3 is 9.47 Å². The van der Waals surface area contributed by atoms with Crippen molar-refractivity contribution in [1.82, 2.24) is 0 Å². The molecule has 4 heteroatoms. The van der Waals surface area contributed by atoms with Crippen LogP contribution < -0.4 is 9.47 Å². The van der Waals surface area contributed by atoms with Gasteiger partial charge in [-0.2, -0.15) is 0 Å². The molecule has 0 heterocycles. The second kappa shape index (κ2) is 11.1. The summed E-state index contributed by atoms with van der Waals surface area (Å²) in [4.78, 5) is 12.4. The predicted octanol–water partition coefficient (Wildman–Crippen LogP) is 7.06. The largest absolute Gasteiger partial charge is 0.494 e. The summed E-state index contributed by atoms with van der Waals surface area (Å²) in [6.07, 6.45) is 5.97. The fourth-order valence-corrected chi connectivity index (χ4v) is 3.11. The molecule has 0 aromatic heterocycles. The van der Waals surface area contributed by atoms with Crippen LogP contribution in [0.2, 0.25) is 0 Å². The smallest absolute Gasteiger partial charge is 0.343 e. The van der Waals surface area contributed by atoms with E-state index in [9.17, 15) is 9.18 Å². The maximum atomic E-state index is 13.0. The average Bonchev–Trinajstić information content (AvgIpc) is 2.78. The Balaban J connectivity index is 1.50. The highest BCUT2D eigenvalue weighted by atomic mass is 19.1. The van der Waals surface area contributed by atoms with E-state index in [1.54, 1.807) is 48.5 Å². The minimum atomic E-state index is -0.421. The number of hydrogen-bond donors (Lipinski definition) is 0. The number of halogens is 1. The van der Waals surface area contributed by atoms with E-state index in [1.165, 1.54) is 37.8 Å². The number of rotatable bonds is 10. The minimum absolute atomic E-state index is 0.271. The first-order chi connectivity index (χ1) is 14.7. The van der Waals surface area contributed by atoms with Crippen LogP contribution in [0.15, 0.2) is 72.8 Å². The molecule has 0 amide bonds. The molecule has 3 aromatic carbocycles. The second-order valence-corrected chi connectivity index (χ2v) is 7.21. The quantitative estimate of drug-likeness (QED) is 0.205. The van der Waals surface area contributed by atoms with Gasteiger partial charge in [-0.3, -0.25) is 0 Å². The third-order valence-electron chi connectivity index (χ3n) is 4.85. The lowest BCUT2D eigenvalue weighted by molar-refractivity contribution is 0.0734. The summed E-state index contributed by atoms with van der Waals surface area (Å²) < 4.78 is 24.2. The Morgan fingerprint density at radius 3 is 1.93 bits per heavy atom. The zero-order chi connectivity index (χ0) is 21.2. The van der Waals surface area contributed by atoms with Gasteiger partial charge in [0, 0.05) is 0 Å². The van der Waals surface area contributed by atoms with Crippen LogP contribution in [0.1, 0.15) is 49.4 Å². The molecule has 3 rings (SSSR count). The molecule has 3 nitrogen and oxygen atoms in total. The maximum absolute atomic E-state index is 13.0. The van der Waals surface area contributed by atoms with Crippen LogP contribution in [0.4, 0.5) is 4.39 Å². The molecule has 0 aliphatic carbocycles. The summed E-state index contributed by atoms with van der Waals surface area (Å²) in [6, 6.07) is 20.4.